The van der Waals surface area contributed by atoms with E-state index in [0.29, 0.717) is 5.65 Å². The summed E-state index contributed by atoms with van der Waals surface area (Å²) in [4.78, 5) is 17.0. The zero-order valence-corrected chi connectivity index (χ0v) is 10.0. The molecule has 4 heterocycles. The molecule has 18 heavy (non-hydrogen) atoms. The van der Waals surface area contributed by atoms with E-state index >= 15 is 0 Å². The van der Waals surface area contributed by atoms with Crippen LogP contribution in [0.2, 0.25) is 0 Å². The van der Waals surface area contributed by atoms with Crippen LogP contribution in [-0.4, -0.2) is 19.9 Å². The highest BCUT2D eigenvalue weighted by Gasteiger charge is 1.93. The van der Waals surface area contributed by atoms with Crippen LogP contribution in [0.15, 0.2) is 53.0 Å². The maximum absolute atomic E-state index is 4.94. The predicted octanol–water partition coefficient (Wildman–Crippen LogP) is 2.91. The molecule has 0 amide bonds. The van der Waals surface area contributed by atoms with E-state index in [2.05, 4.69) is 19.9 Å². The molecule has 0 fully saturated rings. The van der Waals surface area contributed by atoms with E-state index in [4.69, 9.17) is 4.42 Å². The molecule has 0 N–H and O–H groups in total. The Morgan fingerprint density at radius 1 is 0.944 bits per heavy atom. The Hall–Kier alpha value is -2.34. The number of oxazole rings is 1. The van der Waals surface area contributed by atoms with Gasteiger partial charge in [-0.15, -0.1) is 11.3 Å². The van der Waals surface area contributed by atoms with Gasteiger partial charge in [-0.1, -0.05) is 0 Å². The van der Waals surface area contributed by atoms with Gasteiger partial charge >= 0.3 is 0 Å². The molecule has 0 saturated heterocycles. The smallest absolute Gasteiger partial charge is 0.198 e. The molecule has 0 aliphatic heterocycles. The summed E-state index contributed by atoms with van der Waals surface area (Å²) >= 11 is 1.57. The van der Waals surface area contributed by atoms with Crippen LogP contribution >= 0.6 is 11.3 Å². The molecule has 0 aliphatic rings. The summed E-state index contributed by atoms with van der Waals surface area (Å²) in [5.41, 5.74) is 4.19. The van der Waals surface area contributed by atoms with Crippen LogP contribution in [0.4, 0.5) is 0 Å². The zero-order valence-electron chi connectivity index (χ0n) is 9.22. The van der Waals surface area contributed by atoms with Gasteiger partial charge in [-0.3, -0.25) is 0 Å². The molecule has 0 radical (unpaired) electrons. The first kappa shape index (κ1) is 10.8. The van der Waals surface area contributed by atoms with Gasteiger partial charge in [-0.25, -0.2) is 15.0 Å². The number of fused-ring (bicyclic) bond motifs is 2. The molecule has 4 rings (SSSR count). The minimum atomic E-state index is 0.664. The van der Waals surface area contributed by atoms with Gasteiger partial charge in [0, 0.05) is 12.4 Å². The summed E-state index contributed by atoms with van der Waals surface area (Å²) in [6.07, 6.45) is 4.85. The molecule has 0 bridgehead atoms. The van der Waals surface area contributed by atoms with Crippen molar-refractivity contribution < 1.29 is 4.42 Å². The van der Waals surface area contributed by atoms with Crippen LogP contribution in [0.1, 0.15) is 0 Å². The maximum atomic E-state index is 4.94. The molecular weight excluding hydrogens is 248 g/mol. The summed E-state index contributed by atoms with van der Waals surface area (Å²) in [5.74, 6) is 0. The lowest BCUT2D eigenvalue weighted by Crippen LogP contribution is -1.70. The van der Waals surface area contributed by atoms with Crippen LogP contribution < -0.4 is 0 Å². The topological polar surface area (TPSA) is 64.7 Å². The molecule has 0 spiro atoms. The molecule has 88 valence electrons. The monoisotopic (exact) mass is 256 g/mol. The summed E-state index contributed by atoms with van der Waals surface area (Å²) in [7, 11) is 0. The number of aromatic nitrogens is 4. The van der Waals surface area contributed by atoms with E-state index < -0.39 is 0 Å². The third-order valence-corrected chi connectivity index (χ3v) is 2.96. The lowest BCUT2D eigenvalue weighted by Gasteiger charge is -1.80. The van der Waals surface area contributed by atoms with Crippen molar-refractivity contribution in [1.29, 1.82) is 0 Å². The maximum Gasteiger partial charge on any atom is 0.198 e. The highest BCUT2D eigenvalue weighted by atomic mass is 32.1. The summed E-state index contributed by atoms with van der Waals surface area (Å²) in [5, 5.41) is 0. The number of pyridine rings is 2. The molecule has 6 heteroatoms. The second kappa shape index (κ2) is 4.89. The van der Waals surface area contributed by atoms with Crippen molar-refractivity contribution in [2.45, 2.75) is 0 Å². The SMILES string of the molecule is c1cnc2ncoc2c1.c1cnc2scnc2c1. The van der Waals surface area contributed by atoms with E-state index in [-0.39, 0.29) is 0 Å². The molecule has 5 nitrogen and oxygen atoms in total. The quantitative estimate of drug-likeness (QED) is 0.484. The van der Waals surface area contributed by atoms with Crippen molar-refractivity contribution in [3.8, 4) is 0 Å². The van der Waals surface area contributed by atoms with Crippen LogP contribution in [0.25, 0.3) is 21.6 Å². The van der Waals surface area contributed by atoms with E-state index in [9.17, 15) is 0 Å². The van der Waals surface area contributed by atoms with E-state index in [0.717, 1.165) is 15.9 Å². The Kier molecular flexibility index (Phi) is 2.93. The zero-order chi connectivity index (χ0) is 12.2. The Bertz CT molecular complexity index is 638. The molecule has 0 atom stereocenters. The predicted molar refractivity (Wildman–Crippen MR) is 69.2 cm³/mol. The Morgan fingerprint density at radius 2 is 1.83 bits per heavy atom. The van der Waals surface area contributed by atoms with Crippen molar-refractivity contribution in [1.82, 2.24) is 19.9 Å². The van der Waals surface area contributed by atoms with Gasteiger partial charge in [0.2, 0.25) is 0 Å². The Morgan fingerprint density at radius 3 is 2.72 bits per heavy atom. The molecule has 4 aromatic heterocycles. The molecule has 0 saturated carbocycles. The fraction of sp³-hybridized carbons (Fsp3) is 0. The van der Waals surface area contributed by atoms with Crippen molar-refractivity contribution >= 4 is 32.9 Å². The molecule has 0 aliphatic carbocycles. The van der Waals surface area contributed by atoms with Gasteiger partial charge in [0.25, 0.3) is 0 Å². The van der Waals surface area contributed by atoms with Gasteiger partial charge in [0.1, 0.15) is 4.83 Å². The Labute approximate surface area is 106 Å². The van der Waals surface area contributed by atoms with Gasteiger partial charge in [-0.2, -0.15) is 4.98 Å². The second-order valence-electron chi connectivity index (χ2n) is 3.36. The second-order valence-corrected chi connectivity index (χ2v) is 4.19. The Balaban J connectivity index is 0.000000111. The lowest BCUT2D eigenvalue weighted by molar-refractivity contribution is 0.602. The van der Waals surface area contributed by atoms with Gasteiger partial charge in [0.15, 0.2) is 17.6 Å². The summed E-state index contributed by atoms with van der Waals surface area (Å²) < 4.78 is 4.94. The molecule has 0 unspecified atom stereocenters. The fourth-order valence-corrected chi connectivity index (χ4v) is 2.04. The summed E-state index contributed by atoms with van der Waals surface area (Å²) in [6, 6.07) is 7.49. The first-order chi connectivity index (χ1) is 8.93. The standard InChI is InChI=1S/C6H4N2O.C6H4N2S/c1-2-5-6(7-3-1)8-4-9-5;1-2-5-6(7-3-1)9-4-8-5/h2*1-4H. The van der Waals surface area contributed by atoms with Gasteiger partial charge in [-0.05, 0) is 24.3 Å². The average molecular weight is 256 g/mol. The van der Waals surface area contributed by atoms with Crippen LogP contribution in [0.3, 0.4) is 0 Å². The third kappa shape index (κ3) is 2.18. The van der Waals surface area contributed by atoms with Crippen LogP contribution in [0, 0.1) is 0 Å². The van der Waals surface area contributed by atoms with Crippen LogP contribution in [0.5, 0.6) is 0 Å². The average Bonchev–Trinajstić information content (AvgIpc) is 3.08. The van der Waals surface area contributed by atoms with Crippen molar-refractivity contribution in [2.75, 3.05) is 0 Å². The van der Waals surface area contributed by atoms with E-state index in [1.54, 1.807) is 29.2 Å². The number of hydrogen-bond donors (Lipinski definition) is 0. The summed E-state index contributed by atoms with van der Waals surface area (Å²) in [6.45, 7) is 0. The highest BCUT2D eigenvalue weighted by Crippen LogP contribution is 2.12. The normalized spacial score (nSPS) is 10.2. The van der Waals surface area contributed by atoms with Gasteiger partial charge < -0.3 is 4.42 Å². The van der Waals surface area contributed by atoms with E-state index in [1.165, 1.54) is 6.39 Å². The minimum Gasteiger partial charge on any atom is -0.442 e. The first-order valence-electron chi connectivity index (χ1n) is 5.22. The van der Waals surface area contributed by atoms with Gasteiger partial charge in [0.05, 0.1) is 11.0 Å². The minimum absolute atomic E-state index is 0.664. The van der Waals surface area contributed by atoms with Crippen molar-refractivity contribution in [3.63, 3.8) is 0 Å². The van der Waals surface area contributed by atoms with Crippen LogP contribution in [-0.2, 0) is 0 Å². The van der Waals surface area contributed by atoms with Crippen molar-refractivity contribution in [3.05, 3.63) is 48.6 Å². The number of hydrogen-bond acceptors (Lipinski definition) is 6. The molecule has 0 aromatic carbocycles. The first-order valence-corrected chi connectivity index (χ1v) is 6.10. The number of thiazole rings is 1. The largest absolute Gasteiger partial charge is 0.442 e. The number of rotatable bonds is 0. The van der Waals surface area contributed by atoms with Crippen molar-refractivity contribution in [2.24, 2.45) is 0 Å². The third-order valence-electron chi connectivity index (χ3n) is 2.21. The highest BCUT2D eigenvalue weighted by molar-refractivity contribution is 7.16. The fourth-order valence-electron chi connectivity index (χ4n) is 1.41. The molecular formula is C12H8N4OS. The number of nitrogens with zero attached hydrogens (tertiary/aromatic N) is 4. The van der Waals surface area contributed by atoms with E-state index in [1.807, 2.05) is 24.3 Å². The molecule has 4 aromatic rings. The lowest BCUT2D eigenvalue weighted by atomic mass is 10.5.